The maximum Gasteiger partial charge on any atom is 0.239 e. The zero-order valence-electron chi connectivity index (χ0n) is 8.79. The first-order chi connectivity index (χ1) is 6.48. The van der Waals surface area contributed by atoms with Gasteiger partial charge in [0.15, 0.2) is 0 Å². The van der Waals surface area contributed by atoms with E-state index in [2.05, 4.69) is 25.7 Å². The van der Waals surface area contributed by atoms with Crippen LogP contribution < -0.4 is 0 Å². The summed E-state index contributed by atoms with van der Waals surface area (Å²) in [5.41, 5.74) is 0. The van der Waals surface area contributed by atoms with Gasteiger partial charge < -0.3 is 4.90 Å². The normalized spacial score (nSPS) is 32.1. The van der Waals surface area contributed by atoms with Crippen LogP contribution in [0.25, 0.3) is 0 Å². The zero-order chi connectivity index (χ0) is 10.3. The number of rotatable bonds is 1. The molecule has 2 saturated heterocycles. The van der Waals surface area contributed by atoms with Gasteiger partial charge in [0, 0.05) is 32.2 Å². The zero-order valence-corrected chi connectivity index (χ0v) is 10.4. The minimum absolute atomic E-state index is 0.240. The highest BCUT2D eigenvalue weighted by atomic mass is 79.9. The minimum atomic E-state index is -0.405. The van der Waals surface area contributed by atoms with Crippen molar-refractivity contribution in [2.45, 2.75) is 30.6 Å². The molecule has 0 aliphatic carbocycles. The molecule has 0 N–H and O–H groups in total. The molecule has 14 heavy (non-hydrogen) atoms. The lowest BCUT2D eigenvalue weighted by Crippen LogP contribution is -2.53. The van der Waals surface area contributed by atoms with Gasteiger partial charge >= 0.3 is 0 Å². The average molecular weight is 261 g/mol. The first-order valence-electron chi connectivity index (χ1n) is 5.21. The topological polar surface area (TPSA) is 23.6 Å². The third-order valence-corrected chi connectivity index (χ3v) is 3.45. The van der Waals surface area contributed by atoms with Crippen LogP contribution in [0.15, 0.2) is 0 Å². The van der Waals surface area contributed by atoms with E-state index in [4.69, 9.17) is 0 Å². The predicted octanol–water partition coefficient (Wildman–Crippen LogP) is 1.08. The van der Waals surface area contributed by atoms with Crippen molar-refractivity contribution >= 4 is 21.8 Å². The van der Waals surface area contributed by atoms with Crippen LogP contribution in [0.1, 0.15) is 20.3 Å². The number of nitrogens with zero attached hydrogens (tertiary/aromatic N) is 2. The monoisotopic (exact) mass is 260 g/mol. The van der Waals surface area contributed by atoms with Crippen LogP contribution in [-0.4, -0.2) is 52.3 Å². The summed E-state index contributed by atoms with van der Waals surface area (Å²) in [6.07, 6.45) is 1.15. The number of alkyl halides is 1. The summed E-state index contributed by atoms with van der Waals surface area (Å²) in [7, 11) is 0. The number of halogens is 1. The van der Waals surface area contributed by atoms with Crippen molar-refractivity contribution in [2.24, 2.45) is 0 Å². The second-order valence-corrected chi connectivity index (χ2v) is 6.70. The van der Waals surface area contributed by atoms with E-state index in [-0.39, 0.29) is 5.91 Å². The van der Waals surface area contributed by atoms with Crippen LogP contribution in [0, 0.1) is 0 Å². The molecule has 2 aliphatic rings. The molecule has 0 aromatic carbocycles. The summed E-state index contributed by atoms with van der Waals surface area (Å²) in [6, 6.07) is 0.466. The molecule has 2 heterocycles. The summed E-state index contributed by atoms with van der Waals surface area (Å²) >= 11 is 3.44. The lowest BCUT2D eigenvalue weighted by Gasteiger charge is -2.37. The van der Waals surface area contributed by atoms with Crippen molar-refractivity contribution in [3.8, 4) is 0 Å². The highest BCUT2D eigenvalue weighted by molar-refractivity contribution is 9.10. The van der Waals surface area contributed by atoms with Crippen molar-refractivity contribution < 1.29 is 4.79 Å². The van der Waals surface area contributed by atoms with E-state index in [1.54, 1.807) is 0 Å². The fourth-order valence-corrected chi connectivity index (χ4v) is 2.54. The molecule has 2 rings (SSSR count). The Morgan fingerprint density at radius 3 is 2.71 bits per heavy atom. The van der Waals surface area contributed by atoms with Crippen molar-refractivity contribution in [2.75, 3.05) is 26.2 Å². The Kier molecular flexibility index (Phi) is 2.60. The van der Waals surface area contributed by atoms with Gasteiger partial charge in [0.2, 0.25) is 5.91 Å². The number of fused-ring (bicyclic) bond motifs is 2. The standard InChI is InChI=1S/C10H17BrN2O/c1-10(2,11)9(14)13-6-5-12-4-3-8(13)7-12/h8H,3-7H2,1-2H3. The molecule has 2 fully saturated rings. The maximum atomic E-state index is 12.1. The Labute approximate surface area is 93.6 Å². The number of carbonyl (C=O) groups is 1. The van der Waals surface area contributed by atoms with Gasteiger partial charge in [0.05, 0.1) is 4.32 Å². The third kappa shape index (κ3) is 1.82. The quantitative estimate of drug-likeness (QED) is 0.659. The fourth-order valence-electron chi connectivity index (χ4n) is 2.31. The molecule has 0 aromatic rings. The molecule has 4 heteroatoms. The van der Waals surface area contributed by atoms with Crippen LogP contribution >= 0.6 is 15.9 Å². The van der Waals surface area contributed by atoms with Gasteiger partial charge in [0.25, 0.3) is 0 Å². The van der Waals surface area contributed by atoms with Crippen molar-refractivity contribution in [1.82, 2.24) is 9.80 Å². The van der Waals surface area contributed by atoms with Gasteiger partial charge in [0.1, 0.15) is 0 Å². The molecule has 0 spiro atoms. The van der Waals surface area contributed by atoms with Gasteiger partial charge in [-0.05, 0) is 20.3 Å². The largest absolute Gasteiger partial charge is 0.336 e. The van der Waals surface area contributed by atoms with Crippen LogP contribution in [0.4, 0.5) is 0 Å². The molecule has 0 radical (unpaired) electrons. The Morgan fingerprint density at radius 1 is 1.36 bits per heavy atom. The van der Waals surface area contributed by atoms with Gasteiger partial charge in [-0.2, -0.15) is 0 Å². The molecule has 3 nitrogen and oxygen atoms in total. The molecule has 2 bridgehead atoms. The molecule has 1 amide bonds. The van der Waals surface area contributed by atoms with E-state index >= 15 is 0 Å². The molecule has 2 unspecified atom stereocenters. The Hall–Kier alpha value is -0.0900. The molecule has 0 saturated carbocycles. The van der Waals surface area contributed by atoms with E-state index in [1.807, 2.05) is 13.8 Å². The molecule has 2 aliphatic heterocycles. The molecule has 2 atom stereocenters. The van der Waals surface area contributed by atoms with Crippen LogP contribution in [0.3, 0.4) is 0 Å². The number of piperazine rings is 1. The Bertz CT molecular complexity index is 249. The summed E-state index contributed by atoms with van der Waals surface area (Å²) in [5, 5.41) is 0. The van der Waals surface area contributed by atoms with E-state index < -0.39 is 4.32 Å². The smallest absolute Gasteiger partial charge is 0.239 e. The average Bonchev–Trinajstić information content (AvgIpc) is 2.46. The second kappa shape index (κ2) is 3.49. The Balaban J connectivity index is 2.08. The maximum absolute atomic E-state index is 12.1. The number of hydrogen-bond acceptors (Lipinski definition) is 2. The van der Waals surface area contributed by atoms with Crippen LogP contribution in [0.5, 0.6) is 0 Å². The second-order valence-electron chi connectivity index (χ2n) is 4.71. The van der Waals surface area contributed by atoms with Crippen molar-refractivity contribution in [1.29, 1.82) is 0 Å². The highest BCUT2D eigenvalue weighted by Crippen LogP contribution is 2.26. The number of amides is 1. The van der Waals surface area contributed by atoms with E-state index in [1.165, 1.54) is 0 Å². The summed E-state index contributed by atoms with van der Waals surface area (Å²) in [5.74, 6) is 0.240. The van der Waals surface area contributed by atoms with E-state index in [0.29, 0.717) is 6.04 Å². The Morgan fingerprint density at radius 2 is 2.07 bits per heavy atom. The fraction of sp³-hybridized carbons (Fsp3) is 0.900. The number of hydrogen-bond donors (Lipinski definition) is 0. The first kappa shape index (κ1) is 10.4. The molecule has 80 valence electrons. The highest BCUT2D eigenvalue weighted by Gasteiger charge is 2.39. The lowest BCUT2D eigenvalue weighted by molar-refractivity contribution is -0.136. The van der Waals surface area contributed by atoms with Gasteiger partial charge in [-0.1, -0.05) is 15.9 Å². The summed E-state index contributed by atoms with van der Waals surface area (Å²) in [6.45, 7) is 8.04. The van der Waals surface area contributed by atoms with Gasteiger partial charge in [-0.15, -0.1) is 0 Å². The third-order valence-electron chi connectivity index (χ3n) is 3.11. The molecular weight excluding hydrogens is 244 g/mol. The van der Waals surface area contributed by atoms with Crippen LogP contribution in [-0.2, 0) is 4.79 Å². The number of carbonyl (C=O) groups excluding carboxylic acids is 1. The molecule has 0 aromatic heterocycles. The predicted molar refractivity (Wildman–Crippen MR) is 59.6 cm³/mol. The lowest BCUT2D eigenvalue weighted by atomic mass is 10.1. The summed E-state index contributed by atoms with van der Waals surface area (Å²) < 4.78 is -0.405. The SMILES string of the molecule is CC(C)(Br)C(=O)N1CCN2CCC1C2. The van der Waals surface area contributed by atoms with Crippen molar-refractivity contribution in [3.63, 3.8) is 0 Å². The van der Waals surface area contributed by atoms with E-state index in [9.17, 15) is 4.79 Å². The van der Waals surface area contributed by atoms with Gasteiger partial charge in [-0.3, -0.25) is 9.69 Å². The molecular formula is C10H17BrN2O. The van der Waals surface area contributed by atoms with Crippen molar-refractivity contribution in [3.05, 3.63) is 0 Å². The van der Waals surface area contributed by atoms with Crippen LogP contribution in [0.2, 0.25) is 0 Å². The summed E-state index contributed by atoms with van der Waals surface area (Å²) in [4.78, 5) is 16.6. The first-order valence-corrected chi connectivity index (χ1v) is 6.00. The van der Waals surface area contributed by atoms with Gasteiger partial charge in [-0.25, -0.2) is 0 Å². The van der Waals surface area contributed by atoms with E-state index in [0.717, 1.165) is 32.6 Å². The minimum Gasteiger partial charge on any atom is -0.336 e.